The van der Waals surface area contributed by atoms with Crippen molar-refractivity contribution in [2.24, 2.45) is 11.8 Å². The quantitative estimate of drug-likeness (QED) is 0.704. The summed E-state index contributed by atoms with van der Waals surface area (Å²) in [6.07, 6.45) is 0. The van der Waals surface area contributed by atoms with E-state index in [0.29, 0.717) is 12.5 Å². The predicted molar refractivity (Wildman–Crippen MR) is 58.2 cm³/mol. The summed E-state index contributed by atoms with van der Waals surface area (Å²) in [5, 5.41) is 2.59. The van der Waals surface area contributed by atoms with Gasteiger partial charge in [-0.1, -0.05) is 27.7 Å². The van der Waals surface area contributed by atoms with Gasteiger partial charge in [0.25, 0.3) is 0 Å². The monoisotopic (exact) mass is 215 g/mol. The molecule has 0 aliphatic carbocycles. The van der Waals surface area contributed by atoms with Gasteiger partial charge in [-0.15, -0.1) is 0 Å². The Morgan fingerprint density at radius 3 is 2.07 bits per heavy atom. The highest BCUT2D eigenvalue weighted by Crippen LogP contribution is 2.05. The molecule has 0 heterocycles. The SMILES string of the molecule is CC(=O)NC(C(=O)OCC(C)C)C(C)C. The van der Waals surface area contributed by atoms with Crippen LogP contribution in [-0.2, 0) is 14.3 Å². The molecule has 0 fully saturated rings. The molecule has 0 radical (unpaired) electrons. The van der Waals surface area contributed by atoms with Gasteiger partial charge in [0.05, 0.1) is 6.61 Å². The molecule has 1 atom stereocenters. The van der Waals surface area contributed by atoms with Crippen LogP contribution < -0.4 is 5.32 Å². The first-order chi connectivity index (χ1) is 6.84. The summed E-state index contributed by atoms with van der Waals surface area (Å²) in [5.74, 6) is -0.225. The number of nitrogens with one attached hydrogen (secondary N) is 1. The maximum Gasteiger partial charge on any atom is 0.328 e. The predicted octanol–water partition coefficient (Wildman–Crippen LogP) is 1.35. The third-order valence-electron chi connectivity index (χ3n) is 1.84. The zero-order chi connectivity index (χ0) is 12.0. The number of ether oxygens (including phenoxy) is 1. The Bertz CT molecular complexity index is 224. The molecular weight excluding hydrogens is 194 g/mol. The van der Waals surface area contributed by atoms with E-state index in [1.807, 2.05) is 27.7 Å². The van der Waals surface area contributed by atoms with E-state index in [4.69, 9.17) is 4.74 Å². The second-order valence-electron chi connectivity index (χ2n) is 4.45. The van der Waals surface area contributed by atoms with Crippen LogP contribution in [0.3, 0.4) is 0 Å². The molecule has 1 unspecified atom stereocenters. The highest BCUT2D eigenvalue weighted by atomic mass is 16.5. The highest BCUT2D eigenvalue weighted by Gasteiger charge is 2.24. The molecule has 0 spiro atoms. The van der Waals surface area contributed by atoms with E-state index >= 15 is 0 Å². The third-order valence-corrected chi connectivity index (χ3v) is 1.84. The molecule has 0 saturated carbocycles. The minimum absolute atomic E-state index is 0.0357. The topological polar surface area (TPSA) is 55.4 Å². The summed E-state index contributed by atoms with van der Waals surface area (Å²) in [6.45, 7) is 9.47. The van der Waals surface area contributed by atoms with Crippen molar-refractivity contribution in [2.45, 2.75) is 40.7 Å². The van der Waals surface area contributed by atoms with Crippen LogP contribution in [0.1, 0.15) is 34.6 Å². The van der Waals surface area contributed by atoms with Gasteiger partial charge in [0, 0.05) is 6.92 Å². The molecule has 0 aromatic rings. The van der Waals surface area contributed by atoms with Crippen LogP contribution in [0.15, 0.2) is 0 Å². The van der Waals surface area contributed by atoms with Gasteiger partial charge in [0.15, 0.2) is 0 Å². The molecular formula is C11H21NO3. The van der Waals surface area contributed by atoms with Crippen LogP contribution in [0.25, 0.3) is 0 Å². The van der Waals surface area contributed by atoms with Crippen molar-refractivity contribution in [1.29, 1.82) is 0 Å². The number of carbonyl (C=O) groups is 2. The lowest BCUT2D eigenvalue weighted by Gasteiger charge is -2.20. The second kappa shape index (κ2) is 6.43. The molecule has 0 saturated heterocycles. The van der Waals surface area contributed by atoms with Crippen molar-refractivity contribution in [1.82, 2.24) is 5.32 Å². The average Bonchev–Trinajstić information content (AvgIpc) is 2.09. The van der Waals surface area contributed by atoms with Crippen LogP contribution in [0.2, 0.25) is 0 Å². The van der Waals surface area contributed by atoms with Gasteiger partial charge in [-0.3, -0.25) is 4.79 Å². The van der Waals surface area contributed by atoms with Gasteiger partial charge >= 0.3 is 5.97 Å². The number of rotatable bonds is 5. The molecule has 1 amide bonds. The van der Waals surface area contributed by atoms with E-state index in [9.17, 15) is 9.59 Å². The maximum absolute atomic E-state index is 11.6. The van der Waals surface area contributed by atoms with Crippen molar-refractivity contribution in [3.05, 3.63) is 0 Å². The molecule has 0 rings (SSSR count). The molecule has 88 valence electrons. The summed E-state index contributed by atoms with van der Waals surface area (Å²) >= 11 is 0. The smallest absolute Gasteiger partial charge is 0.328 e. The lowest BCUT2D eigenvalue weighted by molar-refractivity contribution is -0.150. The fraction of sp³-hybridized carbons (Fsp3) is 0.818. The van der Waals surface area contributed by atoms with E-state index in [2.05, 4.69) is 5.32 Å². The van der Waals surface area contributed by atoms with E-state index in [-0.39, 0.29) is 17.8 Å². The van der Waals surface area contributed by atoms with Crippen molar-refractivity contribution in [3.63, 3.8) is 0 Å². The Hall–Kier alpha value is -1.06. The van der Waals surface area contributed by atoms with Crippen LogP contribution in [0.4, 0.5) is 0 Å². The first-order valence-electron chi connectivity index (χ1n) is 5.28. The maximum atomic E-state index is 11.6. The Kier molecular flexibility index (Phi) is 5.97. The molecule has 15 heavy (non-hydrogen) atoms. The van der Waals surface area contributed by atoms with E-state index in [1.54, 1.807) is 0 Å². The highest BCUT2D eigenvalue weighted by molar-refractivity contribution is 5.83. The molecule has 0 aliphatic heterocycles. The minimum atomic E-state index is -0.541. The first kappa shape index (κ1) is 13.9. The van der Waals surface area contributed by atoms with Crippen molar-refractivity contribution in [2.75, 3.05) is 6.61 Å². The van der Waals surface area contributed by atoms with E-state index in [0.717, 1.165) is 0 Å². The van der Waals surface area contributed by atoms with Crippen molar-refractivity contribution in [3.8, 4) is 0 Å². The Morgan fingerprint density at radius 2 is 1.73 bits per heavy atom. The molecule has 0 bridgehead atoms. The number of esters is 1. The van der Waals surface area contributed by atoms with Gasteiger partial charge in [0.1, 0.15) is 6.04 Å². The van der Waals surface area contributed by atoms with Crippen LogP contribution in [-0.4, -0.2) is 24.5 Å². The normalized spacial score (nSPS) is 12.7. The fourth-order valence-corrected chi connectivity index (χ4v) is 1.06. The van der Waals surface area contributed by atoms with E-state index in [1.165, 1.54) is 6.92 Å². The molecule has 0 aliphatic rings. The summed E-state index contributed by atoms with van der Waals surface area (Å²) in [7, 11) is 0. The van der Waals surface area contributed by atoms with Crippen LogP contribution in [0.5, 0.6) is 0 Å². The van der Waals surface area contributed by atoms with Crippen LogP contribution >= 0.6 is 0 Å². The van der Waals surface area contributed by atoms with Crippen LogP contribution in [0, 0.1) is 11.8 Å². The molecule has 4 nitrogen and oxygen atoms in total. The van der Waals surface area contributed by atoms with Gasteiger partial charge in [-0.2, -0.15) is 0 Å². The zero-order valence-electron chi connectivity index (χ0n) is 10.2. The largest absolute Gasteiger partial charge is 0.464 e. The van der Waals surface area contributed by atoms with Gasteiger partial charge in [-0.25, -0.2) is 4.79 Å². The van der Waals surface area contributed by atoms with Gasteiger partial charge in [-0.05, 0) is 11.8 Å². The summed E-state index contributed by atoms with van der Waals surface area (Å²) in [5.41, 5.74) is 0. The Balaban J connectivity index is 4.23. The molecule has 0 aromatic heterocycles. The number of hydrogen-bond acceptors (Lipinski definition) is 3. The summed E-state index contributed by atoms with van der Waals surface area (Å²) in [6, 6.07) is -0.541. The lowest BCUT2D eigenvalue weighted by Crippen LogP contribution is -2.44. The minimum Gasteiger partial charge on any atom is -0.464 e. The lowest BCUT2D eigenvalue weighted by atomic mass is 10.0. The first-order valence-corrected chi connectivity index (χ1v) is 5.28. The second-order valence-corrected chi connectivity index (χ2v) is 4.45. The molecule has 0 aromatic carbocycles. The summed E-state index contributed by atoms with van der Waals surface area (Å²) < 4.78 is 5.07. The van der Waals surface area contributed by atoms with Crippen molar-refractivity contribution < 1.29 is 14.3 Å². The number of carbonyl (C=O) groups excluding carboxylic acids is 2. The van der Waals surface area contributed by atoms with Gasteiger partial charge in [0.2, 0.25) is 5.91 Å². The average molecular weight is 215 g/mol. The standard InChI is InChI=1S/C11H21NO3/c1-7(2)6-15-11(14)10(8(3)4)12-9(5)13/h7-8,10H,6H2,1-5H3,(H,12,13). The Labute approximate surface area is 91.4 Å². The van der Waals surface area contributed by atoms with E-state index < -0.39 is 6.04 Å². The van der Waals surface area contributed by atoms with Crippen molar-refractivity contribution >= 4 is 11.9 Å². The molecule has 4 heteroatoms. The third kappa shape index (κ3) is 6.10. The zero-order valence-corrected chi connectivity index (χ0v) is 10.2. The molecule has 1 N–H and O–H groups in total. The fourth-order valence-electron chi connectivity index (χ4n) is 1.06. The summed E-state index contributed by atoms with van der Waals surface area (Å²) in [4.78, 5) is 22.5. The van der Waals surface area contributed by atoms with Gasteiger partial charge < -0.3 is 10.1 Å². The number of amides is 1. The number of hydrogen-bond donors (Lipinski definition) is 1. The Morgan fingerprint density at radius 1 is 1.20 bits per heavy atom.